The van der Waals surface area contributed by atoms with Crippen molar-refractivity contribution in [2.75, 3.05) is 13.1 Å². The van der Waals surface area contributed by atoms with Crippen LogP contribution in [-0.4, -0.2) is 44.1 Å². The van der Waals surface area contributed by atoms with Crippen LogP contribution >= 0.6 is 0 Å². The maximum atomic E-state index is 13.7. The largest absolute Gasteiger partial charge is 0.341 e. The Labute approximate surface area is 155 Å². The highest BCUT2D eigenvalue weighted by Crippen LogP contribution is 2.50. The zero-order chi connectivity index (χ0) is 18.4. The summed E-state index contributed by atoms with van der Waals surface area (Å²) in [7, 11) is 0. The molecule has 3 heterocycles. The molecule has 0 bridgehead atoms. The SMILES string of the molecule is O=C(N1CCC[C@@H](c2[nH]nc3nccnc23)C1)C1(c2cccc(F)c2)CC1. The summed E-state index contributed by atoms with van der Waals surface area (Å²) < 4.78 is 13.7. The Morgan fingerprint density at radius 2 is 2.11 bits per heavy atom. The Morgan fingerprint density at radius 1 is 1.26 bits per heavy atom. The van der Waals surface area contributed by atoms with E-state index in [1.807, 2.05) is 11.0 Å². The van der Waals surface area contributed by atoms with Crippen molar-refractivity contribution in [1.29, 1.82) is 0 Å². The van der Waals surface area contributed by atoms with Crippen LogP contribution in [0.2, 0.25) is 0 Å². The lowest BCUT2D eigenvalue weighted by Gasteiger charge is -2.35. The minimum atomic E-state index is -0.542. The molecular weight excluding hydrogens is 345 g/mol. The number of piperidine rings is 1. The Hall–Kier alpha value is -2.83. The van der Waals surface area contributed by atoms with Crippen molar-refractivity contribution in [3.63, 3.8) is 0 Å². The van der Waals surface area contributed by atoms with Gasteiger partial charge in [-0.2, -0.15) is 5.10 Å². The fourth-order valence-corrected chi connectivity index (χ4v) is 4.29. The molecule has 2 fully saturated rings. The number of aromatic amines is 1. The Morgan fingerprint density at radius 3 is 2.93 bits per heavy atom. The van der Waals surface area contributed by atoms with E-state index in [9.17, 15) is 9.18 Å². The average Bonchev–Trinajstić information content (AvgIpc) is 3.41. The molecule has 2 aliphatic rings. The van der Waals surface area contributed by atoms with Crippen molar-refractivity contribution in [2.24, 2.45) is 0 Å². The van der Waals surface area contributed by atoms with Gasteiger partial charge in [0.2, 0.25) is 5.91 Å². The molecular formula is C20H20FN5O. The molecule has 3 aromatic rings. The summed E-state index contributed by atoms with van der Waals surface area (Å²) in [5.74, 6) is -0.00832. The molecule has 1 aromatic carbocycles. The van der Waals surface area contributed by atoms with Gasteiger partial charge in [-0.05, 0) is 43.4 Å². The second kappa shape index (κ2) is 6.11. The number of nitrogens with one attached hydrogen (secondary N) is 1. The van der Waals surface area contributed by atoms with Gasteiger partial charge in [0.05, 0.1) is 11.1 Å². The summed E-state index contributed by atoms with van der Waals surface area (Å²) >= 11 is 0. The van der Waals surface area contributed by atoms with Crippen LogP contribution in [0.3, 0.4) is 0 Å². The van der Waals surface area contributed by atoms with E-state index in [2.05, 4.69) is 20.2 Å². The topological polar surface area (TPSA) is 74.8 Å². The Kier molecular flexibility index (Phi) is 3.70. The number of rotatable bonds is 3. The molecule has 7 heteroatoms. The van der Waals surface area contributed by atoms with Gasteiger partial charge >= 0.3 is 0 Å². The van der Waals surface area contributed by atoms with E-state index in [1.165, 1.54) is 12.1 Å². The number of benzene rings is 1. The van der Waals surface area contributed by atoms with Crippen molar-refractivity contribution in [3.8, 4) is 0 Å². The molecule has 1 N–H and O–H groups in total. The first kappa shape index (κ1) is 16.4. The van der Waals surface area contributed by atoms with Crippen LogP contribution in [0.25, 0.3) is 11.2 Å². The van der Waals surface area contributed by atoms with Gasteiger partial charge in [-0.25, -0.2) is 14.4 Å². The van der Waals surface area contributed by atoms with E-state index < -0.39 is 5.41 Å². The third-order valence-corrected chi connectivity index (χ3v) is 5.87. The number of H-pyrrole nitrogens is 1. The third kappa shape index (κ3) is 2.69. The zero-order valence-corrected chi connectivity index (χ0v) is 14.9. The van der Waals surface area contributed by atoms with Crippen molar-refractivity contribution < 1.29 is 9.18 Å². The number of likely N-dealkylation sites (tertiary alicyclic amines) is 1. The van der Waals surface area contributed by atoms with Crippen molar-refractivity contribution >= 4 is 17.1 Å². The molecule has 5 rings (SSSR count). The minimum Gasteiger partial charge on any atom is -0.341 e. The Balaban J connectivity index is 1.40. The molecule has 1 aliphatic heterocycles. The van der Waals surface area contributed by atoms with E-state index in [0.29, 0.717) is 12.2 Å². The van der Waals surface area contributed by atoms with Gasteiger partial charge in [0.1, 0.15) is 11.3 Å². The summed E-state index contributed by atoms with van der Waals surface area (Å²) in [4.78, 5) is 23.9. The number of nitrogens with zero attached hydrogens (tertiary/aromatic N) is 4. The number of carbonyl (C=O) groups excluding carboxylic acids is 1. The fraction of sp³-hybridized carbons (Fsp3) is 0.400. The zero-order valence-electron chi connectivity index (χ0n) is 14.9. The minimum absolute atomic E-state index is 0.118. The summed E-state index contributed by atoms with van der Waals surface area (Å²) in [5.41, 5.74) is 2.59. The van der Waals surface area contributed by atoms with E-state index >= 15 is 0 Å². The summed E-state index contributed by atoms with van der Waals surface area (Å²) in [6.07, 6.45) is 6.76. The summed E-state index contributed by atoms with van der Waals surface area (Å²) in [5, 5.41) is 7.31. The predicted molar refractivity (Wildman–Crippen MR) is 97.6 cm³/mol. The van der Waals surface area contributed by atoms with Crippen LogP contribution in [0.5, 0.6) is 0 Å². The second-order valence-electron chi connectivity index (χ2n) is 7.55. The number of hydrogen-bond acceptors (Lipinski definition) is 4. The summed E-state index contributed by atoms with van der Waals surface area (Å²) in [6, 6.07) is 6.48. The molecule has 1 aliphatic carbocycles. The molecule has 138 valence electrons. The lowest BCUT2D eigenvalue weighted by atomic mass is 9.90. The molecule has 27 heavy (non-hydrogen) atoms. The fourth-order valence-electron chi connectivity index (χ4n) is 4.29. The van der Waals surface area contributed by atoms with Crippen molar-refractivity contribution in [2.45, 2.75) is 37.0 Å². The first-order valence-electron chi connectivity index (χ1n) is 9.38. The number of halogens is 1. The maximum Gasteiger partial charge on any atom is 0.233 e. The van der Waals surface area contributed by atoms with Crippen LogP contribution in [0, 0.1) is 5.82 Å². The lowest BCUT2D eigenvalue weighted by Crippen LogP contribution is -2.44. The second-order valence-corrected chi connectivity index (χ2v) is 7.55. The Bertz CT molecular complexity index is 1010. The molecule has 1 saturated heterocycles. The van der Waals surface area contributed by atoms with Gasteiger partial charge in [0, 0.05) is 31.4 Å². The van der Waals surface area contributed by atoms with Gasteiger partial charge in [-0.1, -0.05) is 12.1 Å². The lowest BCUT2D eigenvalue weighted by molar-refractivity contribution is -0.135. The van der Waals surface area contributed by atoms with E-state index in [0.717, 1.165) is 49.0 Å². The van der Waals surface area contributed by atoms with Gasteiger partial charge in [0.15, 0.2) is 5.65 Å². The quantitative estimate of drug-likeness (QED) is 0.774. The number of amides is 1. The highest BCUT2D eigenvalue weighted by Gasteiger charge is 2.53. The first-order valence-corrected chi connectivity index (χ1v) is 9.38. The monoisotopic (exact) mass is 365 g/mol. The molecule has 0 spiro atoms. The van der Waals surface area contributed by atoms with Crippen LogP contribution < -0.4 is 0 Å². The number of aromatic nitrogens is 4. The maximum absolute atomic E-state index is 13.7. The highest BCUT2D eigenvalue weighted by molar-refractivity contribution is 5.91. The molecule has 0 unspecified atom stereocenters. The van der Waals surface area contributed by atoms with E-state index in [1.54, 1.807) is 18.5 Å². The van der Waals surface area contributed by atoms with Crippen LogP contribution in [0.1, 0.15) is 42.9 Å². The van der Waals surface area contributed by atoms with Gasteiger partial charge in [-0.15, -0.1) is 0 Å². The number of fused-ring (bicyclic) bond motifs is 1. The van der Waals surface area contributed by atoms with Gasteiger partial charge < -0.3 is 4.90 Å². The molecule has 6 nitrogen and oxygen atoms in total. The average molecular weight is 365 g/mol. The highest BCUT2D eigenvalue weighted by atomic mass is 19.1. The van der Waals surface area contributed by atoms with Gasteiger partial charge in [0.25, 0.3) is 0 Å². The van der Waals surface area contributed by atoms with Crippen LogP contribution in [0.4, 0.5) is 4.39 Å². The first-order chi connectivity index (χ1) is 13.2. The predicted octanol–water partition coefficient (Wildman–Crippen LogP) is 2.93. The standard InChI is InChI=1S/C20H20FN5O/c21-15-5-1-4-14(11-15)20(6-7-20)19(27)26-10-2-3-13(12-26)16-17-18(25-24-16)23-9-8-22-17/h1,4-5,8-9,11,13H,2-3,6-7,10,12H2,(H,23,24,25)/t13-/m1/s1. The molecule has 1 saturated carbocycles. The summed E-state index contributed by atoms with van der Waals surface area (Å²) in [6.45, 7) is 1.37. The molecule has 1 amide bonds. The smallest absolute Gasteiger partial charge is 0.233 e. The number of carbonyl (C=O) groups is 1. The van der Waals surface area contributed by atoms with Crippen molar-refractivity contribution in [1.82, 2.24) is 25.1 Å². The van der Waals surface area contributed by atoms with Crippen LogP contribution in [-0.2, 0) is 10.2 Å². The van der Waals surface area contributed by atoms with Crippen molar-refractivity contribution in [3.05, 3.63) is 53.7 Å². The van der Waals surface area contributed by atoms with Gasteiger partial charge in [-0.3, -0.25) is 9.89 Å². The molecule has 1 atom stereocenters. The molecule has 2 aromatic heterocycles. The number of hydrogen-bond donors (Lipinski definition) is 1. The third-order valence-electron chi connectivity index (χ3n) is 5.87. The normalized spacial score (nSPS) is 21.4. The molecule has 0 radical (unpaired) electrons. The van der Waals surface area contributed by atoms with E-state index in [4.69, 9.17) is 0 Å². The van der Waals surface area contributed by atoms with E-state index in [-0.39, 0.29) is 17.6 Å². The van der Waals surface area contributed by atoms with Crippen LogP contribution in [0.15, 0.2) is 36.7 Å².